The number of hydrogen-bond acceptors (Lipinski definition) is 3. The van der Waals surface area contributed by atoms with Crippen LogP contribution in [0, 0.1) is 30.1 Å². The van der Waals surface area contributed by atoms with E-state index in [0.29, 0.717) is 5.92 Å². The van der Waals surface area contributed by atoms with Crippen LogP contribution in [0.4, 0.5) is 0 Å². The van der Waals surface area contributed by atoms with E-state index in [1.165, 1.54) is 11.3 Å². The standard InChI is InChI=1S/C17H23NO2S/c1-12-10-15(21-14(12)6-5-9-19)16(20)18-8-7-13(11-18)17(2,3)4/h10,13,19H,7-9,11H2,1-4H3. The van der Waals surface area contributed by atoms with Crippen LogP contribution in [0.15, 0.2) is 6.07 Å². The maximum Gasteiger partial charge on any atom is 0.263 e. The number of hydrogen-bond donors (Lipinski definition) is 1. The minimum absolute atomic E-state index is 0.117. The summed E-state index contributed by atoms with van der Waals surface area (Å²) in [6.45, 7) is 10.2. The molecule has 0 saturated carbocycles. The van der Waals surface area contributed by atoms with E-state index in [4.69, 9.17) is 5.11 Å². The molecule has 0 aliphatic carbocycles. The lowest BCUT2D eigenvalue weighted by Crippen LogP contribution is -2.30. The molecule has 2 rings (SSSR count). The summed E-state index contributed by atoms with van der Waals surface area (Å²) >= 11 is 1.43. The van der Waals surface area contributed by atoms with Gasteiger partial charge in [0.1, 0.15) is 6.61 Å². The van der Waals surface area contributed by atoms with E-state index in [0.717, 1.165) is 34.8 Å². The van der Waals surface area contributed by atoms with E-state index in [-0.39, 0.29) is 17.9 Å². The third kappa shape index (κ3) is 3.66. The van der Waals surface area contributed by atoms with Crippen molar-refractivity contribution in [1.82, 2.24) is 4.90 Å². The molecule has 1 aliphatic rings. The number of aliphatic hydroxyl groups is 1. The molecular formula is C17H23NO2S. The van der Waals surface area contributed by atoms with Crippen LogP contribution in [-0.4, -0.2) is 35.6 Å². The monoisotopic (exact) mass is 305 g/mol. The summed E-state index contributed by atoms with van der Waals surface area (Å²) in [7, 11) is 0. The van der Waals surface area contributed by atoms with E-state index in [1.807, 2.05) is 17.9 Å². The molecule has 1 saturated heterocycles. The van der Waals surface area contributed by atoms with Crippen molar-refractivity contribution in [2.45, 2.75) is 34.1 Å². The molecule has 0 radical (unpaired) electrons. The number of aliphatic hydroxyl groups excluding tert-OH is 1. The summed E-state index contributed by atoms with van der Waals surface area (Å²) in [5, 5.41) is 8.77. The molecule has 3 nitrogen and oxygen atoms in total. The van der Waals surface area contributed by atoms with E-state index in [9.17, 15) is 4.79 Å². The van der Waals surface area contributed by atoms with E-state index in [2.05, 4.69) is 32.6 Å². The third-order valence-electron chi connectivity index (χ3n) is 4.11. The molecule has 1 unspecified atom stereocenters. The minimum atomic E-state index is -0.153. The molecule has 0 aromatic carbocycles. The van der Waals surface area contributed by atoms with Gasteiger partial charge in [-0.3, -0.25) is 4.79 Å². The van der Waals surface area contributed by atoms with Crippen LogP contribution in [0.3, 0.4) is 0 Å². The topological polar surface area (TPSA) is 40.5 Å². The number of amides is 1. The molecule has 1 fully saturated rings. The number of carbonyl (C=O) groups excluding carboxylic acids is 1. The summed E-state index contributed by atoms with van der Waals surface area (Å²) in [6, 6.07) is 1.92. The average molecular weight is 305 g/mol. The molecule has 4 heteroatoms. The van der Waals surface area contributed by atoms with Crippen molar-refractivity contribution in [3.63, 3.8) is 0 Å². The number of carbonyl (C=O) groups is 1. The summed E-state index contributed by atoms with van der Waals surface area (Å²) in [6.07, 6.45) is 1.08. The van der Waals surface area contributed by atoms with Gasteiger partial charge in [0.25, 0.3) is 5.91 Å². The zero-order valence-electron chi connectivity index (χ0n) is 13.2. The first-order valence-electron chi connectivity index (χ1n) is 7.32. The number of aryl methyl sites for hydroxylation is 1. The van der Waals surface area contributed by atoms with Crippen LogP contribution in [0.1, 0.15) is 47.3 Å². The highest BCUT2D eigenvalue weighted by Crippen LogP contribution is 2.34. The van der Waals surface area contributed by atoms with Gasteiger partial charge in [-0.25, -0.2) is 0 Å². The molecule has 0 bridgehead atoms. The Bertz CT molecular complexity index is 586. The zero-order chi connectivity index (χ0) is 15.6. The largest absolute Gasteiger partial charge is 0.384 e. The van der Waals surface area contributed by atoms with Crippen LogP contribution >= 0.6 is 11.3 Å². The number of thiophene rings is 1. The maximum atomic E-state index is 12.6. The van der Waals surface area contributed by atoms with Gasteiger partial charge in [-0.15, -0.1) is 11.3 Å². The Hall–Kier alpha value is -1.31. The minimum Gasteiger partial charge on any atom is -0.384 e. The fraction of sp³-hybridized carbons (Fsp3) is 0.588. The first kappa shape index (κ1) is 16.1. The summed E-state index contributed by atoms with van der Waals surface area (Å²) in [5.74, 6) is 6.24. The molecule has 1 amide bonds. The van der Waals surface area contributed by atoms with Crippen LogP contribution in [0.25, 0.3) is 0 Å². The Morgan fingerprint density at radius 1 is 1.52 bits per heavy atom. The first-order chi connectivity index (χ1) is 9.82. The first-order valence-corrected chi connectivity index (χ1v) is 8.14. The molecule has 21 heavy (non-hydrogen) atoms. The smallest absolute Gasteiger partial charge is 0.263 e. The highest BCUT2D eigenvalue weighted by molar-refractivity contribution is 7.14. The number of nitrogens with zero attached hydrogens (tertiary/aromatic N) is 1. The van der Waals surface area contributed by atoms with E-state index in [1.54, 1.807) is 0 Å². The Labute approximate surface area is 131 Å². The second-order valence-corrected chi connectivity index (χ2v) is 7.74. The van der Waals surface area contributed by atoms with E-state index >= 15 is 0 Å². The molecule has 1 aliphatic heterocycles. The highest BCUT2D eigenvalue weighted by atomic mass is 32.1. The molecular weight excluding hydrogens is 282 g/mol. The Balaban J connectivity index is 2.11. The molecule has 1 atom stereocenters. The predicted octanol–water partition coefficient (Wildman–Crippen LogP) is 2.91. The van der Waals surface area contributed by atoms with Gasteiger partial charge in [0.2, 0.25) is 0 Å². The van der Waals surface area contributed by atoms with Crippen molar-refractivity contribution in [2.75, 3.05) is 19.7 Å². The quantitative estimate of drug-likeness (QED) is 0.811. The molecule has 2 heterocycles. The van der Waals surface area contributed by atoms with E-state index < -0.39 is 0 Å². The average Bonchev–Trinajstić information content (AvgIpc) is 3.02. The normalized spacial score (nSPS) is 18.5. The number of rotatable bonds is 1. The van der Waals surface area contributed by atoms with Crippen molar-refractivity contribution < 1.29 is 9.90 Å². The fourth-order valence-electron chi connectivity index (χ4n) is 2.64. The second kappa shape index (κ2) is 6.21. The third-order valence-corrected chi connectivity index (χ3v) is 5.25. The van der Waals surface area contributed by atoms with Crippen molar-refractivity contribution in [3.8, 4) is 11.8 Å². The van der Waals surface area contributed by atoms with Crippen LogP contribution in [-0.2, 0) is 0 Å². The molecule has 1 aromatic heterocycles. The fourth-order valence-corrected chi connectivity index (χ4v) is 3.65. The van der Waals surface area contributed by atoms with Crippen molar-refractivity contribution >= 4 is 17.2 Å². The lowest BCUT2D eigenvalue weighted by molar-refractivity contribution is 0.0781. The van der Waals surface area contributed by atoms with Gasteiger partial charge in [-0.05, 0) is 36.3 Å². The predicted molar refractivity (Wildman–Crippen MR) is 86.5 cm³/mol. The van der Waals surface area contributed by atoms with Gasteiger partial charge in [0, 0.05) is 13.1 Å². The summed E-state index contributed by atoms with van der Waals surface area (Å²) in [4.78, 5) is 16.2. The maximum absolute atomic E-state index is 12.6. The number of likely N-dealkylation sites (tertiary alicyclic amines) is 1. The molecule has 1 N–H and O–H groups in total. The molecule has 114 valence electrons. The van der Waals surface area contributed by atoms with Gasteiger partial charge in [0.05, 0.1) is 9.75 Å². The van der Waals surface area contributed by atoms with Gasteiger partial charge in [-0.2, -0.15) is 0 Å². The van der Waals surface area contributed by atoms with Crippen LogP contribution in [0.5, 0.6) is 0 Å². The highest BCUT2D eigenvalue weighted by Gasteiger charge is 2.34. The summed E-state index contributed by atoms with van der Waals surface area (Å²) in [5.41, 5.74) is 1.26. The summed E-state index contributed by atoms with van der Waals surface area (Å²) < 4.78 is 0. The second-order valence-electron chi connectivity index (χ2n) is 6.69. The van der Waals surface area contributed by atoms with Gasteiger partial charge >= 0.3 is 0 Å². The molecule has 1 aromatic rings. The Kier molecular flexibility index (Phi) is 4.75. The van der Waals surface area contributed by atoms with Crippen LogP contribution < -0.4 is 0 Å². The van der Waals surface area contributed by atoms with Gasteiger partial charge in [0.15, 0.2) is 0 Å². The SMILES string of the molecule is Cc1cc(C(=O)N2CCC(C(C)(C)C)C2)sc1C#CCO. The van der Waals surface area contributed by atoms with Crippen molar-refractivity contribution in [1.29, 1.82) is 0 Å². The van der Waals surface area contributed by atoms with Gasteiger partial charge < -0.3 is 10.0 Å². The molecule has 0 spiro atoms. The van der Waals surface area contributed by atoms with Crippen molar-refractivity contribution in [3.05, 3.63) is 21.4 Å². The lowest BCUT2D eigenvalue weighted by atomic mass is 9.80. The van der Waals surface area contributed by atoms with Crippen LogP contribution in [0.2, 0.25) is 0 Å². The van der Waals surface area contributed by atoms with Gasteiger partial charge in [-0.1, -0.05) is 32.6 Å². The van der Waals surface area contributed by atoms with Crippen molar-refractivity contribution in [2.24, 2.45) is 11.3 Å². The lowest BCUT2D eigenvalue weighted by Gasteiger charge is -2.26. The Morgan fingerprint density at radius 2 is 2.24 bits per heavy atom. The Morgan fingerprint density at radius 3 is 2.81 bits per heavy atom. The zero-order valence-corrected chi connectivity index (χ0v) is 14.0.